The van der Waals surface area contributed by atoms with Crippen molar-refractivity contribution >= 4 is 17.8 Å². The summed E-state index contributed by atoms with van der Waals surface area (Å²) in [7, 11) is 0. The number of aromatic nitrogens is 2. The van der Waals surface area contributed by atoms with E-state index in [1.54, 1.807) is 58.5 Å². The summed E-state index contributed by atoms with van der Waals surface area (Å²) < 4.78 is 13.2. The number of benzene rings is 1. The van der Waals surface area contributed by atoms with Gasteiger partial charge in [-0.1, -0.05) is 30.3 Å². The zero-order valence-corrected chi connectivity index (χ0v) is 18.4. The molecule has 162 valence electrons. The summed E-state index contributed by atoms with van der Waals surface area (Å²) in [5, 5.41) is 7.22. The minimum absolute atomic E-state index is 0.371. The van der Waals surface area contributed by atoms with Gasteiger partial charge in [0.05, 0.1) is 12.6 Å². The summed E-state index contributed by atoms with van der Waals surface area (Å²) in [5.41, 5.74) is -0.554. The highest BCUT2D eigenvalue weighted by Gasteiger charge is 2.52. The summed E-state index contributed by atoms with van der Waals surface area (Å²) in [6, 6.07) is 10.8. The lowest BCUT2D eigenvalue weighted by Crippen LogP contribution is -2.54. The van der Waals surface area contributed by atoms with Crippen molar-refractivity contribution in [2.75, 3.05) is 5.32 Å². The second-order valence-electron chi connectivity index (χ2n) is 8.94. The summed E-state index contributed by atoms with van der Waals surface area (Å²) in [4.78, 5) is 27.3. The van der Waals surface area contributed by atoms with Crippen LogP contribution in [0.2, 0.25) is 0 Å². The maximum atomic E-state index is 13.1. The standard InChI is InChI=1S/C22H30N4O4/c1-15-18(26(22(5,6)29-15)20(28)30-21(2,3)4)19(27)23-17-12-13-25(24-17)14-16-10-8-7-9-11-16/h7-13,15,18H,14H2,1-6H3,(H,23,24,27)/t15-,18-/m1/s1. The Kier molecular flexibility index (Phi) is 5.90. The summed E-state index contributed by atoms with van der Waals surface area (Å²) in [5.74, 6) is 0.0425. The lowest BCUT2D eigenvalue weighted by Gasteiger charge is -2.34. The first-order valence-electron chi connectivity index (χ1n) is 10.0. The van der Waals surface area contributed by atoms with E-state index in [-0.39, 0.29) is 5.91 Å². The number of amides is 2. The molecule has 0 radical (unpaired) electrons. The van der Waals surface area contributed by atoms with Crippen LogP contribution in [-0.4, -0.2) is 50.2 Å². The summed E-state index contributed by atoms with van der Waals surface area (Å²) in [6.45, 7) is 11.2. The molecule has 1 aliphatic rings. The van der Waals surface area contributed by atoms with Crippen molar-refractivity contribution in [3.05, 3.63) is 48.2 Å². The molecule has 2 amide bonds. The van der Waals surface area contributed by atoms with Gasteiger partial charge in [-0.25, -0.2) is 4.79 Å². The van der Waals surface area contributed by atoms with Gasteiger partial charge in [-0.2, -0.15) is 5.10 Å². The lowest BCUT2D eigenvalue weighted by molar-refractivity contribution is -0.121. The SMILES string of the molecule is C[C@H]1OC(C)(C)N(C(=O)OC(C)(C)C)[C@H]1C(=O)Nc1ccn(Cc2ccccc2)n1. The van der Waals surface area contributed by atoms with Crippen molar-refractivity contribution in [1.82, 2.24) is 14.7 Å². The third kappa shape index (κ3) is 4.99. The molecule has 1 saturated heterocycles. The molecular formula is C22H30N4O4. The molecule has 2 aromatic rings. The Morgan fingerprint density at radius 3 is 2.50 bits per heavy atom. The van der Waals surface area contributed by atoms with Gasteiger partial charge >= 0.3 is 6.09 Å². The Balaban J connectivity index is 1.73. The highest BCUT2D eigenvalue weighted by molar-refractivity contribution is 5.96. The fourth-order valence-corrected chi connectivity index (χ4v) is 3.58. The van der Waals surface area contributed by atoms with Crippen LogP contribution in [0.5, 0.6) is 0 Å². The Morgan fingerprint density at radius 1 is 1.20 bits per heavy atom. The number of rotatable bonds is 4. The van der Waals surface area contributed by atoms with Gasteiger partial charge in [0.1, 0.15) is 17.4 Å². The predicted molar refractivity (Wildman–Crippen MR) is 113 cm³/mol. The van der Waals surface area contributed by atoms with Gasteiger partial charge in [-0.05, 0) is 47.1 Å². The van der Waals surface area contributed by atoms with E-state index in [0.717, 1.165) is 5.56 Å². The van der Waals surface area contributed by atoms with E-state index in [2.05, 4.69) is 10.4 Å². The first kappa shape index (κ1) is 21.8. The van der Waals surface area contributed by atoms with Gasteiger partial charge in [-0.15, -0.1) is 0 Å². The van der Waals surface area contributed by atoms with Crippen molar-refractivity contribution < 1.29 is 19.1 Å². The quantitative estimate of drug-likeness (QED) is 0.826. The smallest absolute Gasteiger partial charge is 0.413 e. The number of carbonyl (C=O) groups is 2. The van der Waals surface area contributed by atoms with Crippen molar-refractivity contribution in [3.8, 4) is 0 Å². The Morgan fingerprint density at radius 2 is 1.87 bits per heavy atom. The average Bonchev–Trinajstić information content (AvgIpc) is 3.14. The number of nitrogens with one attached hydrogen (secondary N) is 1. The number of ether oxygens (including phenoxy) is 2. The van der Waals surface area contributed by atoms with Gasteiger partial charge in [-0.3, -0.25) is 14.4 Å². The molecule has 1 aromatic carbocycles. The minimum atomic E-state index is -0.976. The fraction of sp³-hybridized carbons (Fsp3) is 0.500. The van der Waals surface area contributed by atoms with E-state index in [1.807, 2.05) is 30.3 Å². The fourth-order valence-electron chi connectivity index (χ4n) is 3.58. The van der Waals surface area contributed by atoms with Crippen LogP contribution in [-0.2, 0) is 20.8 Å². The first-order valence-corrected chi connectivity index (χ1v) is 10.0. The van der Waals surface area contributed by atoms with Gasteiger partial charge in [0, 0.05) is 12.3 Å². The molecule has 8 nitrogen and oxygen atoms in total. The Hall–Kier alpha value is -2.87. The molecule has 1 aliphatic heterocycles. The number of nitrogens with zero attached hydrogens (tertiary/aromatic N) is 3. The number of anilines is 1. The van der Waals surface area contributed by atoms with Crippen LogP contribution in [0.1, 0.15) is 47.1 Å². The van der Waals surface area contributed by atoms with Crippen LogP contribution >= 0.6 is 0 Å². The zero-order valence-electron chi connectivity index (χ0n) is 18.4. The zero-order chi connectivity index (χ0) is 22.1. The largest absolute Gasteiger partial charge is 0.444 e. The van der Waals surface area contributed by atoms with Crippen molar-refractivity contribution in [1.29, 1.82) is 0 Å². The molecule has 0 aliphatic carbocycles. The maximum absolute atomic E-state index is 13.1. The lowest BCUT2D eigenvalue weighted by atomic mass is 10.1. The molecule has 0 bridgehead atoms. The van der Waals surface area contributed by atoms with Crippen LogP contribution in [0, 0.1) is 0 Å². The molecule has 1 N–H and O–H groups in total. The third-order valence-corrected chi connectivity index (χ3v) is 4.72. The maximum Gasteiger partial charge on any atom is 0.413 e. The predicted octanol–water partition coefficient (Wildman–Crippen LogP) is 3.63. The molecular weight excluding hydrogens is 384 g/mol. The van der Waals surface area contributed by atoms with Crippen molar-refractivity contribution in [2.24, 2.45) is 0 Å². The van der Waals surface area contributed by atoms with E-state index < -0.39 is 29.6 Å². The highest BCUT2D eigenvalue weighted by Crippen LogP contribution is 2.34. The van der Waals surface area contributed by atoms with Crippen LogP contribution in [0.15, 0.2) is 42.6 Å². The van der Waals surface area contributed by atoms with Gasteiger partial charge in [0.15, 0.2) is 5.82 Å². The van der Waals surface area contributed by atoms with Crippen molar-refractivity contribution in [3.63, 3.8) is 0 Å². The van der Waals surface area contributed by atoms with Crippen LogP contribution < -0.4 is 5.32 Å². The summed E-state index contributed by atoms with van der Waals surface area (Å²) in [6.07, 6.45) is 0.706. The highest BCUT2D eigenvalue weighted by atomic mass is 16.6. The van der Waals surface area contributed by atoms with E-state index in [9.17, 15) is 9.59 Å². The van der Waals surface area contributed by atoms with Gasteiger partial charge in [0.25, 0.3) is 5.91 Å². The van der Waals surface area contributed by atoms with Gasteiger partial charge < -0.3 is 14.8 Å². The molecule has 2 heterocycles. The third-order valence-electron chi connectivity index (χ3n) is 4.72. The molecule has 8 heteroatoms. The molecule has 2 atom stereocenters. The second kappa shape index (κ2) is 8.10. The van der Waals surface area contributed by atoms with E-state index >= 15 is 0 Å². The monoisotopic (exact) mass is 414 g/mol. The van der Waals surface area contributed by atoms with E-state index in [4.69, 9.17) is 9.47 Å². The van der Waals surface area contributed by atoms with E-state index in [1.165, 1.54) is 4.90 Å². The number of hydrogen-bond donors (Lipinski definition) is 1. The molecule has 0 unspecified atom stereocenters. The van der Waals surface area contributed by atoms with Crippen LogP contribution in [0.25, 0.3) is 0 Å². The molecule has 0 spiro atoms. The minimum Gasteiger partial charge on any atom is -0.444 e. The Bertz CT molecular complexity index is 901. The topological polar surface area (TPSA) is 85.7 Å². The summed E-state index contributed by atoms with van der Waals surface area (Å²) >= 11 is 0. The average molecular weight is 415 g/mol. The molecule has 1 aromatic heterocycles. The number of hydrogen-bond acceptors (Lipinski definition) is 5. The van der Waals surface area contributed by atoms with E-state index in [0.29, 0.717) is 12.4 Å². The molecule has 3 rings (SSSR count). The molecule has 0 saturated carbocycles. The van der Waals surface area contributed by atoms with Crippen LogP contribution in [0.4, 0.5) is 10.6 Å². The Labute approximate surface area is 177 Å². The number of carbonyl (C=O) groups excluding carboxylic acids is 2. The molecule has 30 heavy (non-hydrogen) atoms. The van der Waals surface area contributed by atoms with Crippen LogP contribution in [0.3, 0.4) is 0 Å². The first-order chi connectivity index (χ1) is 14.0. The second-order valence-corrected chi connectivity index (χ2v) is 8.94. The molecule has 1 fully saturated rings. The van der Waals surface area contributed by atoms with Crippen molar-refractivity contribution in [2.45, 2.75) is 71.6 Å². The normalized spacial score (nSPS) is 20.8. The van der Waals surface area contributed by atoms with Gasteiger partial charge in [0.2, 0.25) is 0 Å².